The summed E-state index contributed by atoms with van der Waals surface area (Å²) in [5.41, 5.74) is 2.47. The van der Waals surface area contributed by atoms with Crippen LogP contribution in [0.3, 0.4) is 0 Å². The van der Waals surface area contributed by atoms with Gasteiger partial charge in [0.2, 0.25) is 5.91 Å². The predicted molar refractivity (Wildman–Crippen MR) is 97.0 cm³/mol. The Morgan fingerprint density at radius 2 is 2.00 bits per heavy atom. The number of rotatable bonds is 5. The van der Waals surface area contributed by atoms with E-state index in [9.17, 15) is 9.59 Å². The maximum absolute atomic E-state index is 12.4. The van der Waals surface area contributed by atoms with Gasteiger partial charge in [0.15, 0.2) is 0 Å². The highest BCUT2D eigenvalue weighted by atomic mass is 16.5. The Hall–Kier alpha value is -2.82. The number of ether oxygens (including phenoxy) is 1. The highest BCUT2D eigenvalue weighted by molar-refractivity contribution is 5.99. The molecule has 2 aromatic rings. The number of hydrogen-bond donors (Lipinski definition) is 1. The summed E-state index contributed by atoms with van der Waals surface area (Å²) in [7, 11) is 0. The van der Waals surface area contributed by atoms with Crippen LogP contribution in [-0.4, -0.2) is 31.0 Å². The van der Waals surface area contributed by atoms with Crippen molar-refractivity contribution in [3.05, 3.63) is 59.7 Å². The lowest BCUT2D eigenvalue weighted by molar-refractivity contribution is -0.117. The van der Waals surface area contributed by atoms with Crippen LogP contribution in [-0.2, 0) is 4.79 Å². The number of amides is 2. The Labute approximate surface area is 147 Å². The first-order valence-corrected chi connectivity index (χ1v) is 8.47. The molecule has 0 bridgehead atoms. The molecule has 25 heavy (non-hydrogen) atoms. The van der Waals surface area contributed by atoms with E-state index >= 15 is 0 Å². The second kappa shape index (κ2) is 7.38. The number of nitrogens with zero attached hydrogens (tertiary/aromatic N) is 1. The quantitative estimate of drug-likeness (QED) is 0.912. The molecular weight excluding hydrogens is 316 g/mol. The van der Waals surface area contributed by atoms with Crippen molar-refractivity contribution in [2.75, 3.05) is 18.1 Å². The van der Waals surface area contributed by atoms with Crippen LogP contribution >= 0.6 is 0 Å². The van der Waals surface area contributed by atoms with Crippen LogP contribution in [0.15, 0.2) is 48.5 Å². The molecule has 5 heteroatoms. The minimum Gasteiger partial charge on any atom is -0.494 e. The first kappa shape index (κ1) is 17.0. The van der Waals surface area contributed by atoms with Gasteiger partial charge in [-0.3, -0.25) is 9.59 Å². The average Bonchev–Trinajstić information content (AvgIpc) is 2.96. The van der Waals surface area contributed by atoms with Crippen LogP contribution in [0, 0.1) is 6.92 Å². The zero-order valence-corrected chi connectivity index (χ0v) is 14.5. The molecule has 0 radical (unpaired) electrons. The zero-order chi connectivity index (χ0) is 17.8. The van der Waals surface area contributed by atoms with Gasteiger partial charge in [-0.05, 0) is 50.2 Å². The van der Waals surface area contributed by atoms with E-state index in [4.69, 9.17) is 4.74 Å². The van der Waals surface area contributed by atoms with E-state index in [1.165, 1.54) is 0 Å². The third kappa shape index (κ3) is 3.99. The van der Waals surface area contributed by atoms with E-state index in [2.05, 4.69) is 5.32 Å². The number of anilines is 1. The van der Waals surface area contributed by atoms with Gasteiger partial charge in [-0.1, -0.05) is 17.7 Å². The highest BCUT2D eigenvalue weighted by Crippen LogP contribution is 2.24. The van der Waals surface area contributed by atoms with Gasteiger partial charge >= 0.3 is 0 Å². The smallest absolute Gasteiger partial charge is 0.251 e. The molecule has 1 heterocycles. The Kier molecular flexibility index (Phi) is 5.03. The van der Waals surface area contributed by atoms with E-state index < -0.39 is 0 Å². The van der Waals surface area contributed by atoms with Crippen molar-refractivity contribution in [3.63, 3.8) is 0 Å². The van der Waals surface area contributed by atoms with Crippen LogP contribution in [0.25, 0.3) is 0 Å². The molecule has 0 saturated carbocycles. The maximum atomic E-state index is 12.4. The molecule has 2 aromatic carbocycles. The third-order valence-corrected chi connectivity index (χ3v) is 4.20. The first-order valence-electron chi connectivity index (χ1n) is 8.47. The largest absolute Gasteiger partial charge is 0.494 e. The molecule has 130 valence electrons. The molecule has 1 aliphatic rings. The molecule has 1 fully saturated rings. The van der Waals surface area contributed by atoms with Crippen molar-refractivity contribution in [1.29, 1.82) is 0 Å². The van der Waals surface area contributed by atoms with Crippen molar-refractivity contribution in [1.82, 2.24) is 5.32 Å². The van der Waals surface area contributed by atoms with Crippen LogP contribution in [0.5, 0.6) is 5.75 Å². The number of aryl methyl sites for hydroxylation is 1. The Morgan fingerprint density at radius 1 is 1.24 bits per heavy atom. The lowest BCUT2D eigenvalue weighted by atomic mass is 10.1. The van der Waals surface area contributed by atoms with Gasteiger partial charge in [-0.15, -0.1) is 0 Å². The van der Waals surface area contributed by atoms with Crippen molar-refractivity contribution in [2.45, 2.75) is 26.3 Å². The fourth-order valence-corrected chi connectivity index (χ4v) is 3.00. The minimum absolute atomic E-state index is 0.0127. The topological polar surface area (TPSA) is 58.6 Å². The van der Waals surface area contributed by atoms with Crippen LogP contribution in [0.1, 0.15) is 29.3 Å². The number of benzene rings is 2. The van der Waals surface area contributed by atoms with Crippen LogP contribution in [0.2, 0.25) is 0 Å². The Bertz CT molecular complexity index is 771. The molecule has 0 spiro atoms. The van der Waals surface area contributed by atoms with Crippen LogP contribution < -0.4 is 15.0 Å². The third-order valence-electron chi connectivity index (χ3n) is 4.20. The van der Waals surface area contributed by atoms with Gasteiger partial charge in [0, 0.05) is 24.2 Å². The summed E-state index contributed by atoms with van der Waals surface area (Å²) < 4.78 is 5.42. The molecule has 1 saturated heterocycles. The lowest BCUT2D eigenvalue weighted by Crippen LogP contribution is -2.37. The number of nitrogens with one attached hydrogen (secondary N) is 1. The molecule has 0 aromatic heterocycles. The molecule has 3 rings (SSSR count). The summed E-state index contributed by atoms with van der Waals surface area (Å²) in [6.07, 6.45) is 0.310. The second-order valence-corrected chi connectivity index (χ2v) is 6.18. The molecule has 1 atom stereocenters. The lowest BCUT2D eigenvalue weighted by Gasteiger charge is -2.18. The van der Waals surface area contributed by atoms with E-state index in [0.717, 1.165) is 17.0 Å². The summed E-state index contributed by atoms with van der Waals surface area (Å²) >= 11 is 0. The van der Waals surface area contributed by atoms with E-state index in [1.54, 1.807) is 11.0 Å². The standard InChI is InChI=1S/C20H22N2O3/c1-3-25-18-9-7-17(8-10-18)22-13-16(12-19(22)23)21-20(24)15-6-4-5-14(2)11-15/h4-11,16H,3,12-13H2,1-2H3,(H,21,24). The molecule has 2 amide bonds. The summed E-state index contributed by atoms with van der Waals surface area (Å²) in [5, 5.41) is 2.96. The van der Waals surface area contributed by atoms with Crippen molar-refractivity contribution in [2.24, 2.45) is 0 Å². The monoisotopic (exact) mass is 338 g/mol. The maximum Gasteiger partial charge on any atom is 0.251 e. The number of hydrogen-bond acceptors (Lipinski definition) is 3. The van der Waals surface area contributed by atoms with Crippen molar-refractivity contribution >= 4 is 17.5 Å². The van der Waals surface area contributed by atoms with E-state index in [0.29, 0.717) is 25.1 Å². The highest BCUT2D eigenvalue weighted by Gasteiger charge is 2.31. The average molecular weight is 338 g/mol. The summed E-state index contributed by atoms with van der Waals surface area (Å²) in [4.78, 5) is 26.4. The molecule has 5 nitrogen and oxygen atoms in total. The normalized spacial score (nSPS) is 16.8. The van der Waals surface area contributed by atoms with E-state index in [-0.39, 0.29) is 17.9 Å². The Balaban J connectivity index is 1.65. The SMILES string of the molecule is CCOc1ccc(N2CC(NC(=O)c3cccc(C)c3)CC2=O)cc1. The first-order chi connectivity index (χ1) is 12.1. The molecular formula is C20H22N2O3. The number of carbonyl (C=O) groups is 2. The van der Waals surface area contributed by atoms with E-state index in [1.807, 2.05) is 56.3 Å². The second-order valence-electron chi connectivity index (χ2n) is 6.18. The molecule has 0 aliphatic carbocycles. The Morgan fingerprint density at radius 3 is 2.68 bits per heavy atom. The van der Waals surface area contributed by atoms with Gasteiger partial charge in [0.05, 0.1) is 12.6 Å². The van der Waals surface area contributed by atoms with Gasteiger partial charge in [0.25, 0.3) is 5.91 Å². The fraction of sp³-hybridized carbons (Fsp3) is 0.300. The van der Waals surface area contributed by atoms with Gasteiger partial charge < -0.3 is 15.0 Å². The summed E-state index contributed by atoms with van der Waals surface area (Å²) in [6.45, 7) is 4.96. The zero-order valence-electron chi connectivity index (χ0n) is 14.5. The van der Waals surface area contributed by atoms with Crippen LogP contribution in [0.4, 0.5) is 5.69 Å². The summed E-state index contributed by atoms with van der Waals surface area (Å²) in [6, 6.07) is 14.7. The summed E-state index contributed by atoms with van der Waals surface area (Å²) in [5.74, 6) is 0.649. The molecule has 1 unspecified atom stereocenters. The van der Waals surface area contributed by atoms with Crippen molar-refractivity contribution in [3.8, 4) is 5.75 Å². The van der Waals surface area contributed by atoms with Gasteiger partial charge in [-0.2, -0.15) is 0 Å². The predicted octanol–water partition coefficient (Wildman–Crippen LogP) is 2.93. The van der Waals surface area contributed by atoms with Gasteiger partial charge in [-0.25, -0.2) is 0 Å². The van der Waals surface area contributed by atoms with Gasteiger partial charge in [0.1, 0.15) is 5.75 Å². The number of carbonyl (C=O) groups excluding carboxylic acids is 2. The fourth-order valence-electron chi connectivity index (χ4n) is 3.00. The van der Waals surface area contributed by atoms with Crippen molar-refractivity contribution < 1.29 is 14.3 Å². The molecule has 1 N–H and O–H groups in total. The minimum atomic E-state index is -0.188. The molecule has 1 aliphatic heterocycles.